The molecule has 2 aliphatic carbocycles. The Morgan fingerprint density at radius 3 is 2.25 bits per heavy atom. The fraction of sp³-hybridized carbons (Fsp3) is 0.500. The van der Waals surface area contributed by atoms with Crippen molar-refractivity contribution >= 4 is 5.97 Å². The van der Waals surface area contributed by atoms with Crippen LogP contribution in [0.3, 0.4) is 0 Å². The summed E-state index contributed by atoms with van der Waals surface area (Å²) >= 11 is 0. The number of fused-ring (bicyclic) bond motifs is 1. The molecular weight excluding hydrogens is 248 g/mol. The molecule has 0 aliphatic heterocycles. The van der Waals surface area contributed by atoms with Crippen LogP contribution in [0.2, 0.25) is 0 Å². The van der Waals surface area contributed by atoms with Crippen LogP contribution < -0.4 is 0 Å². The predicted molar refractivity (Wildman–Crippen MR) is 79.4 cm³/mol. The molecule has 2 nitrogen and oxygen atoms in total. The van der Waals surface area contributed by atoms with E-state index in [2.05, 4.69) is 30.8 Å². The van der Waals surface area contributed by atoms with E-state index in [0.717, 1.165) is 12.8 Å². The molecule has 0 amide bonds. The third-order valence-electron chi connectivity index (χ3n) is 4.84. The summed E-state index contributed by atoms with van der Waals surface area (Å²) in [6, 6.07) is 8.48. The van der Waals surface area contributed by atoms with E-state index in [1.54, 1.807) is 6.92 Å². The van der Waals surface area contributed by atoms with E-state index >= 15 is 0 Å². The maximum atomic E-state index is 12.1. The zero-order chi connectivity index (χ0) is 14.2. The highest BCUT2D eigenvalue weighted by atomic mass is 16.6. The Morgan fingerprint density at radius 2 is 1.75 bits per heavy atom. The number of carbonyl (C=O) groups excluding carboxylic acids is 1. The first-order valence-corrected chi connectivity index (χ1v) is 7.56. The van der Waals surface area contributed by atoms with Crippen molar-refractivity contribution in [1.82, 2.24) is 0 Å². The molecule has 1 saturated carbocycles. The van der Waals surface area contributed by atoms with Crippen LogP contribution in [0.1, 0.15) is 43.7 Å². The Labute approximate surface area is 120 Å². The van der Waals surface area contributed by atoms with E-state index in [9.17, 15) is 4.79 Å². The molecule has 1 aromatic rings. The molecule has 3 rings (SSSR count). The summed E-state index contributed by atoms with van der Waals surface area (Å²) in [6.45, 7) is 5.46. The minimum Gasteiger partial charge on any atom is -0.455 e. The lowest BCUT2D eigenvalue weighted by molar-refractivity contribution is -0.160. The monoisotopic (exact) mass is 270 g/mol. The molecule has 0 saturated heterocycles. The topological polar surface area (TPSA) is 26.3 Å². The van der Waals surface area contributed by atoms with Gasteiger partial charge in [-0.15, -0.1) is 0 Å². The number of hydrogen-bond donors (Lipinski definition) is 0. The third-order valence-corrected chi connectivity index (χ3v) is 4.84. The Bertz CT molecular complexity index is 513. The van der Waals surface area contributed by atoms with Crippen LogP contribution in [-0.4, -0.2) is 11.6 Å². The Balaban J connectivity index is 1.90. The van der Waals surface area contributed by atoms with Crippen LogP contribution in [0.4, 0.5) is 0 Å². The minimum absolute atomic E-state index is 0.232. The average Bonchev–Trinajstić information content (AvgIpc) is 3.06. The van der Waals surface area contributed by atoms with Gasteiger partial charge in [-0.25, -0.2) is 4.79 Å². The zero-order valence-corrected chi connectivity index (χ0v) is 12.2. The number of carbonyl (C=O) groups is 1. The molecule has 0 N–H and O–H groups in total. The molecule has 0 spiro atoms. The van der Waals surface area contributed by atoms with Gasteiger partial charge in [-0.1, -0.05) is 43.7 Å². The number of ether oxygens (including phenoxy) is 1. The van der Waals surface area contributed by atoms with Crippen LogP contribution in [0.5, 0.6) is 0 Å². The van der Waals surface area contributed by atoms with Gasteiger partial charge in [0.1, 0.15) is 5.60 Å². The minimum atomic E-state index is -0.323. The molecule has 0 bridgehead atoms. The summed E-state index contributed by atoms with van der Waals surface area (Å²) in [6.07, 6.45) is 6.61. The van der Waals surface area contributed by atoms with Gasteiger partial charge in [0.2, 0.25) is 0 Å². The summed E-state index contributed by atoms with van der Waals surface area (Å²) in [5, 5.41) is 0. The van der Waals surface area contributed by atoms with Crippen molar-refractivity contribution in [3.05, 3.63) is 47.5 Å². The lowest BCUT2D eigenvalue weighted by Crippen LogP contribution is -2.43. The van der Waals surface area contributed by atoms with E-state index < -0.39 is 0 Å². The van der Waals surface area contributed by atoms with Gasteiger partial charge in [-0.3, -0.25) is 0 Å². The van der Waals surface area contributed by atoms with Crippen molar-refractivity contribution < 1.29 is 9.53 Å². The second kappa shape index (κ2) is 5.08. The molecule has 0 atom stereocenters. The van der Waals surface area contributed by atoms with Gasteiger partial charge in [0, 0.05) is 18.4 Å². The first-order valence-electron chi connectivity index (χ1n) is 7.56. The largest absolute Gasteiger partial charge is 0.455 e. The Hall–Kier alpha value is -1.57. The highest BCUT2D eigenvalue weighted by molar-refractivity contribution is 5.87. The number of esters is 1. The molecule has 2 heteroatoms. The normalized spacial score (nSPS) is 20.6. The quantitative estimate of drug-likeness (QED) is 0.616. The van der Waals surface area contributed by atoms with Gasteiger partial charge in [0.15, 0.2) is 0 Å². The smallest absolute Gasteiger partial charge is 0.333 e. The molecule has 0 heterocycles. The number of hydrogen-bond acceptors (Lipinski definition) is 2. The lowest BCUT2D eigenvalue weighted by atomic mass is 9.83. The standard InChI is InChI=1S/C18H22O2/c1-13(2)17(19)20-18(16-9-5-6-10-16)11-14-7-3-4-8-15(14)12-18/h3-4,7-8,16H,1,5-6,9-12H2,2H3. The molecule has 0 aromatic heterocycles. The number of rotatable bonds is 3. The Kier molecular flexibility index (Phi) is 3.41. The second-order valence-corrected chi connectivity index (χ2v) is 6.34. The molecule has 0 radical (unpaired) electrons. The zero-order valence-electron chi connectivity index (χ0n) is 12.2. The van der Waals surface area contributed by atoms with Crippen molar-refractivity contribution in [3.63, 3.8) is 0 Å². The summed E-state index contributed by atoms with van der Waals surface area (Å²) in [7, 11) is 0. The van der Waals surface area contributed by atoms with E-state index in [0.29, 0.717) is 11.5 Å². The van der Waals surface area contributed by atoms with Crippen molar-refractivity contribution in [2.75, 3.05) is 0 Å². The van der Waals surface area contributed by atoms with E-state index in [1.165, 1.54) is 36.8 Å². The van der Waals surface area contributed by atoms with Gasteiger partial charge < -0.3 is 4.74 Å². The fourth-order valence-electron chi connectivity index (χ4n) is 3.78. The van der Waals surface area contributed by atoms with E-state index in [1.807, 2.05) is 0 Å². The van der Waals surface area contributed by atoms with Crippen LogP contribution >= 0.6 is 0 Å². The molecule has 1 aromatic carbocycles. The van der Waals surface area contributed by atoms with E-state index in [-0.39, 0.29) is 11.6 Å². The van der Waals surface area contributed by atoms with Crippen molar-refractivity contribution in [3.8, 4) is 0 Å². The van der Waals surface area contributed by atoms with E-state index in [4.69, 9.17) is 4.74 Å². The van der Waals surface area contributed by atoms with Gasteiger partial charge in [0.25, 0.3) is 0 Å². The summed E-state index contributed by atoms with van der Waals surface area (Å²) in [5.74, 6) is 0.267. The lowest BCUT2D eigenvalue weighted by Gasteiger charge is -2.35. The maximum Gasteiger partial charge on any atom is 0.333 e. The molecule has 1 fully saturated rings. The predicted octanol–water partition coefficient (Wildman–Crippen LogP) is 3.83. The number of benzene rings is 1. The molecule has 106 valence electrons. The van der Waals surface area contributed by atoms with Crippen LogP contribution in [-0.2, 0) is 22.4 Å². The fourth-order valence-corrected chi connectivity index (χ4v) is 3.78. The van der Waals surface area contributed by atoms with Gasteiger partial charge in [0.05, 0.1) is 0 Å². The SMILES string of the molecule is C=C(C)C(=O)OC1(C2CCCC2)Cc2ccccc2C1. The summed E-state index contributed by atoms with van der Waals surface area (Å²) in [4.78, 5) is 12.1. The molecule has 0 unspecified atom stereocenters. The van der Waals surface area contributed by atoms with Gasteiger partial charge >= 0.3 is 5.97 Å². The summed E-state index contributed by atoms with van der Waals surface area (Å²) in [5.41, 5.74) is 2.86. The second-order valence-electron chi connectivity index (χ2n) is 6.34. The first-order chi connectivity index (χ1) is 9.61. The van der Waals surface area contributed by atoms with Crippen LogP contribution in [0, 0.1) is 5.92 Å². The van der Waals surface area contributed by atoms with Crippen LogP contribution in [0.15, 0.2) is 36.4 Å². The van der Waals surface area contributed by atoms with Crippen molar-refractivity contribution in [2.45, 2.75) is 51.0 Å². The summed E-state index contributed by atoms with van der Waals surface area (Å²) < 4.78 is 5.99. The molecule has 2 aliphatic rings. The molecular formula is C18H22O2. The Morgan fingerprint density at radius 1 is 1.20 bits per heavy atom. The highest BCUT2D eigenvalue weighted by Gasteiger charge is 2.47. The van der Waals surface area contributed by atoms with Crippen molar-refractivity contribution in [1.29, 1.82) is 0 Å². The highest BCUT2D eigenvalue weighted by Crippen LogP contribution is 2.45. The first kappa shape index (κ1) is 13.4. The maximum absolute atomic E-state index is 12.1. The average molecular weight is 270 g/mol. The van der Waals surface area contributed by atoms with Crippen LogP contribution in [0.25, 0.3) is 0 Å². The van der Waals surface area contributed by atoms with Gasteiger partial charge in [-0.05, 0) is 36.8 Å². The van der Waals surface area contributed by atoms with Gasteiger partial charge in [-0.2, -0.15) is 0 Å². The third kappa shape index (κ3) is 2.28. The van der Waals surface area contributed by atoms with Crippen molar-refractivity contribution in [2.24, 2.45) is 5.92 Å². The molecule has 20 heavy (non-hydrogen) atoms.